The van der Waals surface area contributed by atoms with E-state index in [0.717, 1.165) is 24.1 Å². The molecule has 2 aromatic carbocycles. The number of hydrogen-bond donors (Lipinski definition) is 1. The summed E-state index contributed by atoms with van der Waals surface area (Å²) < 4.78 is 9.43. The number of aromatic nitrogens is 3. The van der Waals surface area contributed by atoms with Crippen LogP contribution in [0.25, 0.3) is 16.7 Å². The average molecular weight is 513 g/mol. The molecule has 8 heteroatoms. The van der Waals surface area contributed by atoms with E-state index in [-0.39, 0.29) is 30.0 Å². The largest absolute Gasteiger partial charge is 0.388 e. The summed E-state index contributed by atoms with van der Waals surface area (Å²) >= 11 is 0. The van der Waals surface area contributed by atoms with Crippen molar-refractivity contribution >= 4 is 16.9 Å². The molecule has 0 radical (unpaired) electrons. The summed E-state index contributed by atoms with van der Waals surface area (Å²) in [5.74, 6) is -0.136. The van der Waals surface area contributed by atoms with Crippen molar-refractivity contribution in [1.82, 2.24) is 19.0 Å². The fourth-order valence-corrected chi connectivity index (χ4v) is 5.82. The van der Waals surface area contributed by atoms with E-state index in [4.69, 9.17) is 4.74 Å². The van der Waals surface area contributed by atoms with Crippen molar-refractivity contribution < 1.29 is 14.6 Å². The van der Waals surface area contributed by atoms with Gasteiger partial charge in [0.25, 0.3) is 5.56 Å². The maximum absolute atomic E-state index is 13.5. The van der Waals surface area contributed by atoms with Gasteiger partial charge in [0, 0.05) is 31.6 Å². The molecule has 4 heterocycles. The highest BCUT2D eigenvalue weighted by Crippen LogP contribution is 2.36. The number of fused-ring (bicyclic) bond motifs is 1. The molecule has 0 aliphatic carbocycles. The Kier molecular flexibility index (Phi) is 6.59. The monoisotopic (exact) mass is 512 g/mol. The molecule has 2 saturated heterocycles. The van der Waals surface area contributed by atoms with Gasteiger partial charge in [-0.15, -0.1) is 0 Å². The standard InChI is InChI=1S/C30H32N4O4/c35-28(24-12-7-19-38-26(24)22-8-3-1-4-9-22)32-17-14-30(37,15-18-32)20-33-21-31-27-25(29(33)36)13-16-34(27)23-10-5-2-6-11-23/h1-6,8-11,13,16,21,24,26,37H,7,12,14-15,17-20H2. The van der Waals surface area contributed by atoms with Gasteiger partial charge in [0.1, 0.15) is 6.33 Å². The van der Waals surface area contributed by atoms with E-state index in [9.17, 15) is 14.7 Å². The first-order chi connectivity index (χ1) is 18.5. The fourth-order valence-electron chi connectivity index (χ4n) is 5.82. The van der Waals surface area contributed by atoms with E-state index < -0.39 is 5.60 Å². The van der Waals surface area contributed by atoms with Crippen LogP contribution in [0.1, 0.15) is 37.4 Å². The zero-order valence-corrected chi connectivity index (χ0v) is 21.3. The van der Waals surface area contributed by atoms with E-state index in [2.05, 4.69) is 4.98 Å². The first-order valence-corrected chi connectivity index (χ1v) is 13.3. The minimum absolute atomic E-state index is 0.0862. The number of carbonyl (C=O) groups is 1. The Morgan fingerprint density at radius 1 is 1.03 bits per heavy atom. The summed E-state index contributed by atoms with van der Waals surface area (Å²) in [6.07, 6.45) is 5.58. The van der Waals surface area contributed by atoms with Crippen LogP contribution >= 0.6 is 0 Å². The van der Waals surface area contributed by atoms with Crippen molar-refractivity contribution in [3.63, 3.8) is 0 Å². The third-order valence-electron chi connectivity index (χ3n) is 7.94. The highest BCUT2D eigenvalue weighted by atomic mass is 16.5. The van der Waals surface area contributed by atoms with Crippen LogP contribution in [0.5, 0.6) is 0 Å². The number of ether oxygens (including phenoxy) is 1. The van der Waals surface area contributed by atoms with E-state index >= 15 is 0 Å². The zero-order chi connectivity index (χ0) is 26.1. The Hall–Kier alpha value is -3.75. The van der Waals surface area contributed by atoms with Crippen LogP contribution in [0.4, 0.5) is 0 Å². The lowest BCUT2D eigenvalue weighted by Gasteiger charge is -2.41. The lowest BCUT2D eigenvalue weighted by molar-refractivity contribution is -0.149. The molecule has 0 bridgehead atoms. The maximum atomic E-state index is 13.5. The minimum Gasteiger partial charge on any atom is -0.388 e. The Morgan fingerprint density at radius 3 is 2.47 bits per heavy atom. The van der Waals surface area contributed by atoms with Gasteiger partial charge < -0.3 is 19.3 Å². The van der Waals surface area contributed by atoms with Crippen LogP contribution in [0.15, 0.2) is 84.0 Å². The molecule has 0 spiro atoms. The van der Waals surface area contributed by atoms with Gasteiger partial charge in [0.05, 0.1) is 29.6 Å². The molecular weight excluding hydrogens is 480 g/mol. The van der Waals surface area contributed by atoms with Crippen molar-refractivity contribution in [3.8, 4) is 5.69 Å². The number of aliphatic hydroxyl groups is 1. The molecule has 2 aliphatic rings. The van der Waals surface area contributed by atoms with E-state index in [0.29, 0.717) is 43.6 Å². The van der Waals surface area contributed by atoms with Gasteiger partial charge in [-0.05, 0) is 49.4 Å². The third kappa shape index (κ3) is 4.66. The minimum atomic E-state index is -1.08. The number of rotatable bonds is 5. The predicted octanol–water partition coefficient (Wildman–Crippen LogP) is 3.71. The number of amides is 1. The van der Waals surface area contributed by atoms with Crippen molar-refractivity contribution in [2.24, 2.45) is 5.92 Å². The molecule has 2 unspecified atom stereocenters. The van der Waals surface area contributed by atoms with Crippen molar-refractivity contribution in [1.29, 1.82) is 0 Å². The Morgan fingerprint density at radius 2 is 1.74 bits per heavy atom. The van der Waals surface area contributed by atoms with Crippen molar-refractivity contribution in [3.05, 3.63) is 95.2 Å². The second kappa shape index (κ2) is 10.2. The lowest BCUT2D eigenvalue weighted by Crippen LogP contribution is -2.51. The van der Waals surface area contributed by atoms with Crippen LogP contribution in [0, 0.1) is 5.92 Å². The van der Waals surface area contributed by atoms with Crippen LogP contribution in [-0.4, -0.2) is 55.3 Å². The molecule has 1 amide bonds. The number of likely N-dealkylation sites (tertiary alicyclic amines) is 1. The van der Waals surface area contributed by atoms with Gasteiger partial charge in [-0.1, -0.05) is 48.5 Å². The molecule has 2 aromatic heterocycles. The fraction of sp³-hybridized carbons (Fsp3) is 0.367. The Bertz CT molecular complexity index is 1470. The number of benzene rings is 2. The summed E-state index contributed by atoms with van der Waals surface area (Å²) in [5.41, 5.74) is 1.29. The molecule has 2 atom stereocenters. The van der Waals surface area contributed by atoms with Crippen LogP contribution in [-0.2, 0) is 16.1 Å². The second-order valence-electron chi connectivity index (χ2n) is 10.4. The molecule has 2 fully saturated rings. The highest BCUT2D eigenvalue weighted by Gasteiger charge is 2.40. The number of nitrogens with zero attached hydrogens (tertiary/aromatic N) is 4. The van der Waals surface area contributed by atoms with E-state index in [1.165, 1.54) is 10.9 Å². The Balaban J connectivity index is 1.15. The van der Waals surface area contributed by atoms with Gasteiger partial charge >= 0.3 is 0 Å². The molecule has 4 aromatic rings. The molecular formula is C30H32N4O4. The SMILES string of the molecule is O=C(C1CCCOC1c1ccccc1)N1CCC(O)(Cn2cnc3c(ccn3-c3ccccc3)c2=O)CC1. The van der Waals surface area contributed by atoms with Gasteiger partial charge in [0.15, 0.2) is 5.65 Å². The number of piperidine rings is 1. The highest BCUT2D eigenvalue weighted by molar-refractivity contribution is 5.80. The second-order valence-corrected chi connectivity index (χ2v) is 10.4. The van der Waals surface area contributed by atoms with Crippen molar-refractivity contribution in [2.45, 2.75) is 43.9 Å². The third-order valence-corrected chi connectivity index (χ3v) is 7.94. The average Bonchev–Trinajstić information content (AvgIpc) is 3.40. The molecule has 8 nitrogen and oxygen atoms in total. The summed E-state index contributed by atoms with van der Waals surface area (Å²) in [6.45, 7) is 1.70. The summed E-state index contributed by atoms with van der Waals surface area (Å²) in [5, 5.41) is 11.9. The van der Waals surface area contributed by atoms with E-state index in [1.54, 1.807) is 6.07 Å². The molecule has 1 N–H and O–H groups in total. The smallest absolute Gasteiger partial charge is 0.262 e. The summed E-state index contributed by atoms with van der Waals surface area (Å²) in [6, 6.07) is 21.5. The van der Waals surface area contributed by atoms with Crippen LogP contribution < -0.4 is 5.56 Å². The number of para-hydroxylation sites is 1. The maximum Gasteiger partial charge on any atom is 0.262 e. The molecule has 0 saturated carbocycles. The van der Waals surface area contributed by atoms with Gasteiger partial charge in [0.2, 0.25) is 5.91 Å². The van der Waals surface area contributed by atoms with Gasteiger partial charge in [-0.25, -0.2) is 4.98 Å². The summed E-state index contributed by atoms with van der Waals surface area (Å²) in [4.78, 5) is 33.2. The lowest BCUT2D eigenvalue weighted by atomic mass is 9.86. The quantitative estimate of drug-likeness (QED) is 0.440. The molecule has 2 aliphatic heterocycles. The summed E-state index contributed by atoms with van der Waals surface area (Å²) in [7, 11) is 0. The predicted molar refractivity (Wildman–Crippen MR) is 144 cm³/mol. The van der Waals surface area contributed by atoms with Crippen molar-refractivity contribution in [2.75, 3.05) is 19.7 Å². The first kappa shape index (κ1) is 24.6. The number of hydrogen-bond acceptors (Lipinski definition) is 5. The molecule has 196 valence electrons. The first-order valence-electron chi connectivity index (χ1n) is 13.3. The van der Waals surface area contributed by atoms with Crippen LogP contribution in [0.3, 0.4) is 0 Å². The van der Waals surface area contributed by atoms with Crippen LogP contribution in [0.2, 0.25) is 0 Å². The Labute approximate surface area is 221 Å². The topological polar surface area (TPSA) is 89.6 Å². The van der Waals surface area contributed by atoms with Gasteiger partial charge in [-0.3, -0.25) is 14.2 Å². The number of carbonyl (C=O) groups excluding carboxylic acids is 1. The molecule has 38 heavy (non-hydrogen) atoms. The van der Waals surface area contributed by atoms with Gasteiger partial charge in [-0.2, -0.15) is 0 Å². The normalized spacial score (nSPS) is 21.4. The molecule has 6 rings (SSSR count). The van der Waals surface area contributed by atoms with E-state index in [1.807, 2.05) is 76.3 Å². The zero-order valence-electron chi connectivity index (χ0n) is 21.3.